The highest BCUT2D eigenvalue weighted by Crippen LogP contribution is 2.19. The van der Waals surface area contributed by atoms with Gasteiger partial charge in [0.15, 0.2) is 0 Å². The van der Waals surface area contributed by atoms with Gasteiger partial charge in [-0.2, -0.15) is 5.26 Å². The molecule has 2 rings (SSSR count). The lowest BCUT2D eigenvalue weighted by Crippen LogP contribution is -2.45. The van der Waals surface area contributed by atoms with E-state index in [4.69, 9.17) is 9.68 Å². The maximum Gasteiger partial charge on any atom is 0.241 e. The quantitative estimate of drug-likeness (QED) is 0.829. The predicted molar refractivity (Wildman–Crippen MR) is 70.0 cm³/mol. The molecular weight excluding hydrogens is 242 g/mol. The largest absolute Gasteiger partial charge is 0.467 e. The molecule has 102 valence electrons. The summed E-state index contributed by atoms with van der Waals surface area (Å²) in [4.78, 5) is 16.3. The number of rotatable bonds is 3. The number of nitriles is 1. The highest BCUT2D eigenvalue weighted by atomic mass is 16.3. The average molecular weight is 261 g/mol. The molecule has 2 atom stereocenters. The van der Waals surface area contributed by atoms with Crippen LogP contribution >= 0.6 is 0 Å². The van der Waals surface area contributed by atoms with Gasteiger partial charge in [-0.1, -0.05) is 0 Å². The van der Waals surface area contributed by atoms with Gasteiger partial charge in [0.25, 0.3) is 0 Å². The Morgan fingerprint density at radius 3 is 3.00 bits per heavy atom. The molecule has 5 nitrogen and oxygen atoms in total. The van der Waals surface area contributed by atoms with Gasteiger partial charge in [-0.25, -0.2) is 0 Å². The maximum absolute atomic E-state index is 12.5. The third-order valence-electron chi connectivity index (χ3n) is 3.81. The summed E-state index contributed by atoms with van der Waals surface area (Å²) in [5.41, 5.74) is 0. The molecule has 19 heavy (non-hydrogen) atoms. The maximum atomic E-state index is 12.5. The van der Waals surface area contributed by atoms with Gasteiger partial charge in [0.05, 0.1) is 25.3 Å². The first-order chi connectivity index (χ1) is 9.13. The van der Waals surface area contributed by atoms with Crippen molar-refractivity contribution < 1.29 is 9.21 Å². The first-order valence-electron chi connectivity index (χ1n) is 6.53. The van der Waals surface area contributed by atoms with Crippen molar-refractivity contribution in [1.82, 2.24) is 9.80 Å². The van der Waals surface area contributed by atoms with E-state index in [2.05, 4.69) is 13.0 Å². The molecule has 0 bridgehead atoms. The van der Waals surface area contributed by atoms with E-state index < -0.39 is 0 Å². The minimum Gasteiger partial charge on any atom is -0.467 e. The van der Waals surface area contributed by atoms with Crippen molar-refractivity contribution in [1.29, 1.82) is 5.26 Å². The number of carbonyl (C=O) groups excluding carboxylic acids is 1. The third kappa shape index (κ3) is 2.96. The fourth-order valence-corrected chi connectivity index (χ4v) is 2.41. The summed E-state index contributed by atoms with van der Waals surface area (Å²) in [6.45, 7) is 3.27. The highest BCUT2D eigenvalue weighted by molar-refractivity contribution is 5.82. The molecule has 1 aliphatic rings. The third-order valence-corrected chi connectivity index (χ3v) is 3.81. The second-order valence-electron chi connectivity index (χ2n) is 5.02. The molecule has 0 N–H and O–H groups in total. The SMILES string of the molecule is CC1CCN(Cc2ccco2)C(=O)C(CC#N)N1C. The first kappa shape index (κ1) is 13.6. The van der Waals surface area contributed by atoms with Crippen LogP contribution in [0.2, 0.25) is 0 Å². The monoisotopic (exact) mass is 261 g/mol. The Labute approximate surface area is 113 Å². The van der Waals surface area contributed by atoms with Gasteiger partial charge in [-0.05, 0) is 32.5 Å². The summed E-state index contributed by atoms with van der Waals surface area (Å²) < 4.78 is 5.30. The lowest BCUT2D eigenvalue weighted by molar-refractivity contribution is -0.136. The van der Waals surface area contributed by atoms with Crippen LogP contribution in [0.1, 0.15) is 25.5 Å². The number of amides is 1. The van der Waals surface area contributed by atoms with Crippen LogP contribution in [0.4, 0.5) is 0 Å². The summed E-state index contributed by atoms with van der Waals surface area (Å²) >= 11 is 0. The Hall–Kier alpha value is -1.80. The van der Waals surface area contributed by atoms with Crippen LogP contribution in [-0.4, -0.2) is 41.4 Å². The van der Waals surface area contributed by atoms with Gasteiger partial charge < -0.3 is 9.32 Å². The molecule has 1 saturated heterocycles. The van der Waals surface area contributed by atoms with Crippen molar-refractivity contribution >= 4 is 5.91 Å². The Bertz CT molecular complexity index is 464. The van der Waals surface area contributed by atoms with Crippen molar-refractivity contribution in [2.75, 3.05) is 13.6 Å². The van der Waals surface area contributed by atoms with Gasteiger partial charge in [0.1, 0.15) is 11.8 Å². The molecule has 1 amide bonds. The molecule has 0 aliphatic carbocycles. The zero-order valence-electron chi connectivity index (χ0n) is 11.4. The van der Waals surface area contributed by atoms with E-state index in [1.807, 2.05) is 24.1 Å². The lowest BCUT2D eigenvalue weighted by Gasteiger charge is -2.28. The zero-order valence-corrected chi connectivity index (χ0v) is 11.4. The summed E-state index contributed by atoms with van der Waals surface area (Å²) in [7, 11) is 1.92. The second kappa shape index (κ2) is 5.89. The molecule has 5 heteroatoms. The molecule has 1 aromatic rings. The normalized spacial score (nSPS) is 25.1. The molecular formula is C14H19N3O2. The minimum absolute atomic E-state index is 0.0183. The minimum atomic E-state index is -0.350. The standard InChI is InChI=1S/C14H19N3O2/c1-11-6-8-17(10-12-4-3-9-19-12)14(18)13(5-7-15)16(11)2/h3-4,9,11,13H,5-6,8,10H2,1-2H3. The molecule has 2 unspecified atom stereocenters. The molecule has 0 saturated carbocycles. The Balaban J connectivity index is 2.15. The number of likely N-dealkylation sites (N-methyl/N-ethyl adjacent to an activating group) is 1. The molecule has 1 aromatic heterocycles. The predicted octanol–water partition coefficient (Wildman–Crippen LogP) is 1.61. The summed E-state index contributed by atoms with van der Waals surface area (Å²) in [6, 6.07) is 5.74. The van der Waals surface area contributed by atoms with E-state index >= 15 is 0 Å². The van der Waals surface area contributed by atoms with E-state index in [1.165, 1.54) is 0 Å². The van der Waals surface area contributed by atoms with Crippen LogP contribution in [0.25, 0.3) is 0 Å². The van der Waals surface area contributed by atoms with Crippen LogP contribution in [0.5, 0.6) is 0 Å². The van der Waals surface area contributed by atoms with Gasteiger partial charge in [0, 0.05) is 12.6 Å². The van der Waals surface area contributed by atoms with Crippen molar-refractivity contribution in [3.63, 3.8) is 0 Å². The summed E-state index contributed by atoms with van der Waals surface area (Å²) in [6.07, 6.45) is 2.75. The van der Waals surface area contributed by atoms with E-state index in [0.29, 0.717) is 19.1 Å². The van der Waals surface area contributed by atoms with Gasteiger partial charge in [-0.3, -0.25) is 9.69 Å². The van der Waals surface area contributed by atoms with Crippen LogP contribution < -0.4 is 0 Å². The molecule has 2 heterocycles. The van der Waals surface area contributed by atoms with Crippen molar-refractivity contribution in [2.24, 2.45) is 0 Å². The number of nitrogens with zero attached hydrogens (tertiary/aromatic N) is 3. The van der Waals surface area contributed by atoms with Crippen molar-refractivity contribution in [2.45, 2.75) is 38.4 Å². The first-order valence-corrected chi connectivity index (χ1v) is 6.53. The van der Waals surface area contributed by atoms with E-state index in [9.17, 15) is 4.79 Å². The van der Waals surface area contributed by atoms with E-state index in [-0.39, 0.29) is 18.4 Å². The smallest absolute Gasteiger partial charge is 0.241 e. The van der Waals surface area contributed by atoms with Crippen LogP contribution in [0.3, 0.4) is 0 Å². The van der Waals surface area contributed by atoms with Crippen molar-refractivity contribution in [3.05, 3.63) is 24.2 Å². The number of carbonyl (C=O) groups is 1. The zero-order chi connectivity index (χ0) is 13.8. The van der Waals surface area contributed by atoms with E-state index in [0.717, 1.165) is 12.2 Å². The second-order valence-corrected chi connectivity index (χ2v) is 5.02. The Morgan fingerprint density at radius 1 is 1.58 bits per heavy atom. The highest BCUT2D eigenvalue weighted by Gasteiger charge is 2.33. The number of hydrogen-bond donors (Lipinski definition) is 0. The molecule has 0 radical (unpaired) electrons. The number of furan rings is 1. The summed E-state index contributed by atoms with van der Waals surface area (Å²) in [5.74, 6) is 0.797. The molecule has 0 aromatic carbocycles. The molecule has 1 aliphatic heterocycles. The number of hydrogen-bond acceptors (Lipinski definition) is 4. The van der Waals surface area contributed by atoms with Gasteiger partial charge in [-0.15, -0.1) is 0 Å². The Kier molecular flexibility index (Phi) is 4.23. The van der Waals surface area contributed by atoms with E-state index in [1.54, 1.807) is 11.2 Å². The van der Waals surface area contributed by atoms with Crippen LogP contribution in [0, 0.1) is 11.3 Å². The Morgan fingerprint density at radius 2 is 2.37 bits per heavy atom. The van der Waals surface area contributed by atoms with Gasteiger partial charge >= 0.3 is 0 Å². The van der Waals surface area contributed by atoms with Crippen LogP contribution in [-0.2, 0) is 11.3 Å². The van der Waals surface area contributed by atoms with Crippen LogP contribution in [0.15, 0.2) is 22.8 Å². The molecule has 0 spiro atoms. The fourth-order valence-electron chi connectivity index (χ4n) is 2.41. The average Bonchev–Trinajstić information content (AvgIpc) is 2.88. The molecule has 1 fully saturated rings. The van der Waals surface area contributed by atoms with Crippen molar-refractivity contribution in [3.8, 4) is 6.07 Å². The fraction of sp³-hybridized carbons (Fsp3) is 0.571. The van der Waals surface area contributed by atoms with Gasteiger partial charge in [0.2, 0.25) is 5.91 Å². The summed E-state index contributed by atoms with van der Waals surface area (Å²) in [5, 5.41) is 8.91. The topological polar surface area (TPSA) is 60.5 Å². The lowest BCUT2D eigenvalue weighted by atomic mass is 10.1.